The molecule has 0 saturated carbocycles. The number of halogens is 3. The van der Waals surface area contributed by atoms with Crippen LogP contribution in [0, 0.1) is 0 Å². The molecule has 0 N–H and O–H groups in total. The minimum Gasteiger partial charge on any atom is -0.466 e. The molecule has 1 saturated heterocycles. The molecule has 29 heavy (non-hydrogen) atoms. The lowest BCUT2D eigenvalue weighted by Gasteiger charge is -2.52. The second-order valence-electron chi connectivity index (χ2n) is 8.50. The van der Waals surface area contributed by atoms with Gasteiger partial charge in [0.1, 0.15) is 5.75 Å². The molecule has 5 rings (SSSR count). The van der Waals surface area contributed by atoms with Crippen LogP contribution < -0.4 is 4.74 Å². The largest absolute Gasteiger partial charge is 0.466 e. The molecule has 0 aromatic heterocycles. The highest BCUT2D eigenvalue weighted by Crippen LogP contribution is 2.52. The maximum Gasteiger partial charge on any atom is 0.203 e. The lowest BCUT2D eigenvalue weighted by molar-refractivity contribution is -0.212. The molecule has 4 nitrogen and oxygen atoms in total. The molecule has 1 fully saturated rings. The summed E-state index contributed by atoms with van der Waals surface area (Å²) in [5, 5.41) is 8.47. The molecule has 2 aromatic carbocycles. The van der Waals surface area contributed by atoms with Gasteiger partial charge in [0.2, 0.25) is 5.72 Å². The summed E-state index contributed by atoms with van der Waals surface area (Å²) in [6, 6.07) is 11.9. The van der Waals surface area contributed by atoms with Crippen molar-refractivity contribution in [3.05, 3.63) is 62.0 Å². The van der Waals surface area contributed by atoms with Gasteiger partial charge in [-0.3, -0.25) is 0 Å². The monoisotopic (exact) mass is 494 g/mol. The fourth-order valence-electron chi connectivity index (χ4n) is 4.71. The van der Waals surface area contributed by atoms with Crippen molar-refractivity contribution in [1.29, 1.82) is 0 Å². The quantitative estimate of drug-likeness (QED) is 0.447. The first-order valence-electron chi connectivity index (χ1n) is 9.71. The number of benzene rings is 2. The molecule has 2 atom stereocenters. The Morgan fingerprint density at radius 1 is 1.17 bits per heavy atom. The number of hydrogen-bond acceptors (Lipinski definition) is 4. The van der Waals surface area contributed by atoms with Crippen LogP contribution in [0.3, 0.4) is 0 Å². The number of hydrogen-bond donors (Lipinski definition) is 0. The predicted molar refractivity (Wildman–Crippen MR) is 119 cm³/mol. The van der Waals surface area contributed by atoms with Gasteiger partial charge < -0.3 is 9.47 Å². The highest BCUT2D eigenvalue weighted by atomic mass is 79.9. The number of fused-ring (bicyclic) bond motifs is 4. The van der Waals surface area contributed by atoms with Crippen LogP contribution >= 0.6 is 39.1 Å². The highest BCUT2D eigenvalue weighted by molar-refractivity contribution is 9.10. The van der Waals surface area contributed by atoms with Crippen LogP contribution in [0.25, 0.3) is 0 Å². The average molecular weight is 496 g/mol. The summed E-state index contributed by atoms with van der Waals surface area (Å²) in [6.45, 7) is 4.86. The SMILES string of the molecule is CC1(C)CC2(CCO1)Oc1ccc(Br)cc1C1CC(c3ccc(Cl)cc3Cl)=NN12. The molecule has 0 radical (unpaired) electrons. The molecule has 2 unspecified atom stereocenters. The smallest absolute Gasteiger partial charge is 0.203 e. The molecule has 152 valence electrons. The van der Waals surface area contributed by atoms with Crippen molar-refractivity contribution in [1.82, 2.24) is 5.01 Å². The van der Waals surface area contributed by atoms with Crippen LogP contribution in [0.15, 0.2) is 46.0 Å². The van der Waals surface area contributed by atoms with Crippen molar-refractivity contribution in [2.75, 3.05) is 6.61 Å². The molecule has 0 bridgehead atoms. The van der Waals surface area contributed by atoms with E-state index in [9.17, 15) is 0 Å². The fraction of sp³-hybridized carbons (Fsp3) is 0.409. The molecule has 7 heteroatoms. The lowest BCUT2D eigenvalue weighted by Crippen LogP contribution is -2.60. The van der Waals surface area contributed by atoms with Crippen LogP contribution in [-0.4, -0.2) is 28.7 Å². The Balaban J connectivity index is 1.63. The first-order valence-corrected chi connectivity index (χ1v) is 11.3. The molecule has 3 aliphatic rings. The standard InChI is InChI=1S/C22H21BrCl2N2O2/c1-21(2)12-22(7-8-28-21)27-19(16-9-13(23)3-6-20(16)29-22)11-18(26-27)15-5-4-14(24)10-17(15)25/h3-6,9-10,19H,7-8,11-12H2,1-2H3. The van der Waals surface area contributed by atoms with E-state index < -0.39 is 5.72 Å². The van der Waals surface area contributed by atoms with Gasteiger partial charge in [0.25, 0.3) is 0 Å². The van der Waals surface area contributed by atoms with Crippen LogP contribution in [0.1, 0.15) is 50.3 Å². The predicted octanol–water partition coefficient (Wildman–Crippen LogP) is 6.58. The van der Waals surface area contributed by atoms with Gasteiger partial charge in [0.15, 0.2) is 0 Å². The molecule has 0 aliphatic carbocycles. The minimum absolute atomic E-state index is 0.0897. The zero-order valence-corrected chi connectivity index (χ0v) is 19.3. The molecule has 3 aliphatic heterocycles. The molecular weight excluding hydrogens is 475 g/mol. The Morgan fingerprint density at radius 3 is 2.76 bits per heavy atom. The maximum absolute atomic E-state index is 6.66. The number of ether oxygens (including phenoxy) is 2. The number of nitrogens with zero attached hydrogens (tertiary/aromatic N) is 2. The molecular formula is C22H21BrCl2N2O2. The van der Waals surface area contributed by atoms with Crippen LogP contribution in [-0.2, 0) is 4.74 Å². The Bertz CT molecular complexity index is 1030. The normalized spacial score (nSPS) is 27.3. The third-order valence-corrected chi connectivity index (χ3v) is 6.93. The van der Waals surface area contributed by atoms with Crippen molar-refractivity contribution in [2.24, 2.45) is 5.10 Å². The van der Waals surface area contributed by atoms with E-state index >= 15 is 0 Å². The van der Waals surface area contributed by atoms with Crippen molar-refractivity contribution < 1.29 is 9.47 Å². The van der Waals surface area contributed by atoms with Crippen molar-refractivity contribution in [2.45, 2.75) is 50.5 Å². The van der Waals surface area contributed by atoms with Crippen LogP contribution in [0.2, 0.25) is 10.0 Å². The highest BCUT2D eigenvalue weighted by Gasteiger charge is 2.54. The summed E-state index contributed by atoms with van der Waals surface area (Å²) < 4.78 is 13.7. The number of rotatable bonds is 1. The maximum atomic E-state index is 6.66. The van der Waals surface area contributed by atoms with Crippen molar-refractivity contribution >= 4 is 44.8 Å². The van der Waals surface area contributed by atoms with Gasteiger partial charge >= 0.3 is 0 Å². The van der Waals surface area contributed by atoms with Crippen molar-refractivity contribution in [3.8, 4) is 5.75 Å². The van der Waals surface area contributed by atoms with E-state index in [4.69, 9.17) is 37.8 Å². The Morgan fingerprint density at radius 2 is 2.00 bits per heavy atom. The first kappa shape index (κ1) is 19.7. The Labute approximate surface area is 188 Å². The zero-order valence-electron chi connectivity index (χ0n) is 16.2. The topological polar surface area (TPSA) is 34.1 Å². The summed E-state index contributed by atoms with van der Waals surface area (Å²) in [5.41, 5.74) is 2.19. The second kappa shape index (κ2) is 6.88. The van der Waals surface area contributed by atoms with Crippen molar-refractivity contribution in [3.63, 3.8) is 0 Å². The van der Waals surface area contributed by atoms with E-state index in [1.54, 1.807) is 6.07 Å². The van der Waals surface area contributed by atoms with Crippen LogP contribution in [0.4, 0.5) is 0 Å². The third-order valence-electron chi connectivity index (χ3n) is 5.89. The molecule has 1 spiro atoms. The summed E-state index contributed by atoms with van der Waals surface area (Å²) in [7, 11) is 0. The summed E-state index contributed by atoms with van der Waals surface area (Å²) in [5.74, 6) is 0.922. The van der Waals surface area contributed by atoms with E-state index in [0.29, 0.717) is 16.7 Å². The van der Waals surface area contributed by atoms with Gasteiger partial charge in [-0.2, -0.15) is 5.10 Å². The lowest BCUT2D eigenvalue weighted by atomic mass is 9.86. The van der Waals surface area contributed by atoms with Gasteiger partial charge in [0.05, 0.1) is 29.0 Å². The Kier molecular flexibility index (Phi) is 4.67. The van der Waals surface area contributed by atoms with E-state index in [1.807, 2.05) is 24.3 Å². The fourth-order valence-corrected chi connectivity index (χ4v) is 5.61. The van der Waals surface area contributed by atoms with E-state index in [2.05, 4.69) is 40.9 Å². The zero-order chi connectivity index (χ0) is 20.4. The average Bonchev–Trinajstić information content (AvgIpc) is 3.08. The van der Waals surface area contributed by atoms with Gasteiger partial charge in [-0.1, -0.05) is 45.2 Å². The van der Waals surface area contributed by atoms with Gasteiger partial charge in [-0.15, -0.1) is 0 Å². The van der Waals surface area contributed by atoms with Gasteiger partial charge in [-0.25, -0.2) is 5.01 Å². The minimum atomic E-state index is -0.534. The van der Waals surface area contributed by atoms with Crippen LogP contribution in [0.5, 0.6) is 5.75 Å². The molecule has 0 amide bonds. The summed E-state index contributed by atoms with van der Waals surface area (Å²) in [4.78, 5) is 0. The Hall–Kier alpha value is -1.27. The number of hydrazone groups is 1. The van der Waals surface area contributed by atoms with Gasteiger partial charge in [0, 0.05) is 39.9 Å². The second-order valence-corrected chi connectivity index (χ2v) is 10.3. The van der Waals surface area contributed by atoms with E-state index in [1.165, 1.54) is 0 Å². The molecule has 2 aromatic rings. The van der Waals surface area contributed by atoms with E-state index in [-0.39, 0.29) is 11.6 Å². The summed E-state index contributed by atoms with van der Waals surface area (Å²) >= 11 is 16.2. The third kappa shape index (κ3) is 3.36. The molecule has 3 heterocycles. The van der Waals surface area contributed by atoms with E-state index in [0.717, 1.165) is 46.3 Å². The summed E-state index contributed by atoms with van der Waals surface area (Å²) in [6.07, 6.45) is 2.25. The van der Waals surface area contributed by atoms with Gasteiger partial charge in [-0.05, 0) is 44.2 Å². The first-order chi connectivity index (χ1) is 13.8.